The summed E-state index contributed by atoms with van der Waals surface area (Å²) in [6, 6.07) is 20.5. The van der Waals surface area contributed by atoms with Crippen molar-refractivity contribution in [3.63, 3.8) is 0 Å². The molecule has 7 heteroatoms. The van der Waals surface area contributed by atoms with Crippen LogP contribution in [0.25, 0.3) is 0 Å². The molecule has 5 nitrogen and oxygen atoms in total. The number of benzene rings is 3. The van der Waals surface area contributed by atoms with Crippen LogP contribution in [0.1, 0.15) is 40.2 Å². The van der Waals surface area contributed by atoms with Crippen LogP contribution in [0.4, 0.5) is 14.9 Å². The molecule has 1 aliphatic rings. The predicted molar refractivity (Wildman–Crippen MR) is 128 cm³/mol. The van der Waals surface area contributed by atoms with Crippen LogP contribution < -0.4 is 10.6 Å². The number of likely N-dealkylation sites (tertiary alicyclic amines) is 1. The number of carbonyl (C=O) groups excluding carboxylic acids is 2. The number of anilines is 1. The number of hydrogen-bond donors (Lipinski definition) is 2. The highest BCUT2D eigenvalue weighted by Crippen LogP contribution is 2.28. The summed E-state index contributed by atoms with van der Waals surface area (Å²) in [5.41, 5.74) is 2.97. The van der Waals surface area contributed by atoms with Crippen molar-refractivity contribution in [1.29, 1.82) is 0 Å². The average Bonchev–Trinajstić information content (AvgIpc) is 2.84. The molecule has 3 aromatic carbocycles. The van der Waals surface area contributed by atoms with E-state index in [1.165, 1.54) is 12.1 Å². The lowest BCUT2D eigenvalue weighted by Gasteiger charge is -2.33. The summed E-state index contributed by atoms with van der Waals surface area (Å²) in [7, 11) is 0. The van der Waals surface area contributed by atoms with Gasteiger partial charge in [0.15, 0.2) is 0 Å². The van der Waals surface area contributed by atoms with E-state index in [9.17, 15) is 14.0 Å². The van der Waals surface area contributed by atoms with E-state index < -0.39 is 0 Å². The number of rotatable bonds is 5. The molecule has 1 aliphatic heterocycles. The first-order valence-corrected chi connectivity index (χ1v) is 11.3. The molecule has 0 spiro atoms. The Balaban J connectivity index is 1.38. The maximum atomic E-state index is 13.3. The van der Waals surface area contributed by atoms with Gasteiger partial charge in [-0.15, -0.1) is 0 Å². The van der Waals surface area contributed by atoms with E-state index in [2.05, 4.69) is 10.6 Å². The molecule has 0 aromatic heterocycles. The summed E-state index contributed by atoms with van der Waals surface area (Å²) in [5.74, 6) is -0.398. The first-order valence-electron chi connectivity index (χ1n) is 10.9. The highest BCUT2D eigenvalue weighted by Gasteiger charge is 2.25. The third-order valence-electron chi connectivity index (χ3n) is 5.77. The number of nitrogens with one attached hydrogen (secondary N) is 2. The van der Waals surface area contributed by atoms with Crippen molar-refractivity contribution in [3.8, 4) is 0 Å². The van der Waals surface area contributed by atoms with Gasteiger partial charge in [-0.3, -0.25) is 4.79 Å². The molecule has 2 N–H and O–H groups in total. The van der Waals surface area contributed by atoms with Crippen molar-refractivity contribution >= 4 is 29.2 Å². The second-order valence-corrected chi connectivity index (χ2v) is 8.60. The molecule has 0 saturated carbocycles. The Morgan fingerprint density at radius 3 is 2.61 bits per heavy atom. The highest BCUT2D eigenvalue weighted by molar-refractivity contribution is 6.30. The Labute approximate surface area is 197 Å². The Morgan fingerprint density at radius 1 is 1.03 bits per heavy atom. The SMILES string of the molecule is O=C(NCc1cccc(F)c1)c1cccc(C2CCCN(C(=O)Nc3ccc(Cl)cc3)C2)c1. The van der Waals surface area contributed by atoms with Gasteiger partial charge in [-0.1, -0.05) is 35.9 Å². The average molecular weight is 466 g/mol. The van der Waals surface area contributed by atoms with E-state index in [1.54, 1.807) is 47.4 Å². The van der Waals surface area contributed by atoms with Gasteiger partial charge in [0, 0.05) is 41.8 Å². The number of carbonyl (C=O) groups is 2. The lowest BCUT2D eigenvalue weighted by atomic mass is 9.89. The number of urea groups is 1. The maximum absolute atomic E-state index is 13.3. The summed E-state index contributed by atoms with van der Waals surface area (Å²) in [6.07, 6.45) is 1.83. The molecule has 170 valence electrons. The van der Waals surface area contributed by atoms with Gasteiger partial charge in [0.25, 0.3) is 5.91 Å². The molecule has 0 radical (unpaired) electrons. The summed E-state index contributed by atoms with van der Waals surface area (Å²) in [6.45, 7) is 1.51. The van der Waals surface area contributed by atoms with Crippen molar-refractivity contribution in [2.24, 2.45) is 0 Å². The van der Waals surface area contributed by atoms with Crippen LogP contribution >= 0.6 is 11.6 Å². The van der Waals surface area contributed by atoms with Crippen molar-refractivity contribution < 1.29 is 14.0 Å². The second kappa shape index (κ2) is 10.5. The fourth-order valence-electron chi connectivity index (χ4n) is 4.03. The number of amides is 3. The largest absolute Gasteiger partial charge is 0.348 e. The molecule has 4 rings (SSSR count). The normalized spacial score (nSPS) is 15.7. The minimum Gasteiger partial charge on any atom is -0.348 e. The third kappa shape index (κ3) is 6.11. The number of halogens is 2. The smallest absolute Gasteiger partial charge is 0.321 e. The van der Waals surface area contributed by atoms with Crippen LogP contribution in [0.5, 0.6) is 0 Å². The van der Waals surface area contributed by atoms with Crippen LogP contribution in [-0.4, -0.2) is 29.9 Å². The van der Waals surface area contributed by atoms with Crippen LogP contribution in [0, 0.1) is 5.82 Å². The van der Waals surface area contributed by atoms with Gasteiger partial charge < -0.3 is 15.5 Å². The number of piperidine rings is 1. The summed E-state index contributed by atoms with van der Waals surface area (Å²) in [4.78, 5) is 27.2. The minimum absolute atomic E-state index is 0.144. The first-order chi connectivity index (χ1) is 16.0. The first kappa shape index (κ1) is 22.8. The lowest BCUT2D eigenvalue weighted by Crippen LogP contribution is -2.41. The van der Waals surface area contributed by atoms with E-state index in [4.69, 9.17) is 11.6 Å². The van der Waals surface area contributed by atoms with Gasteiger partial charge >= 0.3 is 6.03 Å². The quantitative estimate of drug-likeness (QED) is 0.498. The fourth-order valence-corrected chi connectivity index (χ4v) is 4.16. The molecule has 3 aromatic rings. The Bertz CT molecular complexity index is 1140. The molecule has 1 fully saturated rings. The maximum Gasteiger partial charge on any atom is 0.321 e. The Kier molecular flexibility index (Phi) is 7.25. The van der Waals surface area contributed by atoms with Crippen LogP contribution in [0.2, 0.25) is 5.02 Å². The topological polar surface area (TPSA) is 61.4 Å². The van der Waals surface area contributed by atoms with E-state index in [1.807, 2.05) is 18.2 Å². The molecule has 0 bridgehead atoms. The fraction of sp³-hybridized carbons (Fsp3) is 0.231. The monoisotopic (exact) mass is 465 g/mol. The molecule has 1 saturated heterocycles. The van der Waals surface area contributed by atoms with Gasteiger partial charge in [-0.25, -0.2) is 9.18 Å². The van der Waals surface area contributed by atoms with Gasteiger partial charge in [0.05, 0.1) is 0 Å². The van der Waals surface area contributed by atoms with Crippen LogP contribution in [-0.2, 0) is 6.54 Å². The van der Waals surface area contributed by atoms with Crippen LogP contribution in [0.15, 0.2) is 72.8 Å². The standard InChI is InChI=1S/C26H25ClFN3O2/c27-22-9-11-24(12-10-22)30-26(33)31-13-3-7-21(17-31)19-5-2-6-20(15-19)25(32)29-16-18-4-1-8-23(28)14-18/h1-2,4-6,8-12,14-15,21H,3,7,13,16-17H2,(H,29,32)(H,30,33). The van der Waals surface area contributed by atoms with Gasteiger partial charge in [0.1, 0.15) is 5.82 Å². The highest BCUT2D eigenvalue weighted by atomic mass is 35.5. The molecule has 1 atom stereocenters. The Morgan fingerprint density at radius 2 is 1.82 bits per heavy atom. The van der Waals surface area contributed by atoms with Crippen LogP contribution in [0.3, 0.4) is 0 Å². The zero-order chi connectivity index (χ0) is 23.2. The molecule has 33 heavy (non-hydrogen) atoms. The molecule has 1 heterocycles. The molecule has 0 aliphatic carbocycles. The molecule has 1 unspecified atom stereocenters. The zero-order valence-corrected chi connectivity index (χ0v) is 18.8. The lowest BCUT2D eigenvalue weighted by molar-refractivity contribution is 0.0950. The third-order valence-corrected chi connectivity index (χ3v) is 6.02. The summed E-state index contributed by atoms with van der Waals surface area (Å²) in [5, 5.41) is 6.37. The van der Waals surface area contributed by atoms with Crippen molar-refractivity contribution in [1.82, 2.24) is 10.2 Å². The van der Waals surface area contributed by atoms with E-state index in [0.717, 1.165) is 18.4 Å². The number of nitrogens with zero attached hydrogens (tertiary/aromatic N) is 1. The van der Waals surface area contributed by atoms with E-state index >= 15 is 0 Å². The predicted octanol–water partition coefficient (Wildman–Crippen LogP) is 5.82. The number of hydrogen-bond acceptors (Lipinski definition) is 2. The summed E-state index contributed by atoms with van der Waals surface area (Å²) < 4.78 is 13.3. The molecular formula is C26H25ClFN3O2. The second-order valence-electron chi connectivity index (χ2n) is 8.16. The zero-order valence-electron chi connectivity index (χ0n) is 18.1. The van der Waals surface area contributed by atoms with Crippen molar-refractivity contribution in [2.75, 3.05) is 18.4 Å². The summed E-state index contributed by atoms with van der Waals surface area (Å²) >= 11 is 5.91. The van der Waals surface area contributed by atoms with Gasteiger partial charge in [-0.2, -0.15) is 0 Å². The van der Waals surface area contributed by atoms with E-state index in [0.29, 0.717) is 34.9 Å². The molecule has 3 amide bonds. The molecular weight excluding hydrogens is 441 g/mol. The van der Waals surface area contributed by atoms with Gasteiger partial charge in [-0.05, 0) is 72.5 Å². The van der Waals surface area contributed by atoms with Gasteiger partial charge in [0.2, 0.25) is 0 Å². The minimum atomic E-state index is -0.328. The van der Waals surface area contributed by atoms with E-state index in [-0.39, 0.29) is 30.2 Å². The van der Waals surface area contributed by atoms with Crippen molar-refractivity contribution in [3.05, 3.63) is 100 Å². The van der Waals surface area contributed by atoms with Crippen molar-refractivity contribution in [2.45, 2.75) is 25.3 Å². The Hall–Kier alpha value is -3.38.